The zero-order valence-corrected chi connectivity index (χ0v) is 11.4. The summed E-state index contributed by atoms with van der Waals surface area (Å²) in [6.45, 7) is 0.440. The van der Waals surface area contributed by atoms with E-state index in [9.17, 15) is 4.79 Å². The van der Waals surface area contributed by atoms with E-state index in [4.69, 9.17) is 5.53 Å². The van der Waals surface area contributed by atoms with E-state index >= 15 is 0 Å². The van der Waals surface area contributed by atoms with E-state index in [1.165, 1.54) is 5.56 Å². The Hall–Kier alpha value is -2.78. The largest absolute Gasteiger partial charge is 0.311 e. The maximum Gasteiger partial charge on any atom is 0.232 e. The number of para-hydroxylation sites is 1. The molecule has 5 heteroatoms. The van der Waals surface area contributed by atoms with E-state index in [2.05, 4.69) is 22.2 Å². The van der Waals surface area contributed by atoms with Crippen molar-refractivity contribution in [3.63, 3.8) is 0 Å². The van der Waals surface area contributed by atoms with Gasteiger partial charge in [-0.1, -0.05) is 53.6 Å². The van der Waals surface area contributed by atoms with Gasteiger partial charge in [0.15, 0.2) is 0 Å². The molecule has 0 N–H and O–H groups in total. The van der Waals surface area contributed by atoms with Gasteiger partial charge >= 0.3 is 0 Å². The molecule has 104 valence electrons. The third-order valence-corrected chi connectivity index (χ3v) is 3.74. The summed E-state index contributed by atoms with van der Waals surface area (Å²) in [6.07, 6.45) is 0. The monoisotopic (exact) mass is 278 g/mol. The first-order chi connectivity index (χ1) is 10.3. The topological polar surface area (TPSA) is 69.1 Å². The second-order valence-corrected chi connectivity index (χ2v) is 4.92. The molecular formula is C16H14N4O. The fourth-order valence-electron chi connectivity index (χ4n) is 2.79. The highest BCUT2D eigenvalue weighted by molar-refractivity contribution is 5.97. The van der Waals surface area contributed by atoms with Crippen LogP contribution >= 0.6 is 0 Å². The van der Waals surface area contributed by atoms with E-state index in [0.29, 0.717) is 6.54 Å². The molecule has 1 aliphatic heterocycles. The van der Waals surface area contributed by atoms with Gasteiger partial charge in [0.25, 0.3) is 0 Å². The molecule has 1 heterocycles. The Bertz CT molecular complexity index is 707. The molecule has 0 aromatic heterocycles. The SMILES string of the molecule is [N-]=[N+]=NCC(=O)N1CC(c2ccccc2)c2ccccc21. The van der Waals surface area contributed by atoms with E-state index < -0.39 is 0 Å². The van der Waals surface area contributed by atoms with Crippen molar-refractivity contribution in [1.29, 1.82) is 0 Å². The number of carbonyl (C=O) groups is 1. The number of azide groups is 1. The molecule has 0 aliphatic carbocycles. The summed E-state index contributed by atoms with van der Waals surface area (Å²) in [5.74, 6) is -0.00361. The number of hydrogen-bond acceptors (Lipinski definition) is 2. The van der Waals surface area contributed by atoms with Crippen LogP contribution < -0.4 is 4.90 Å². The average Bonchev–Trinajstić information content (AvgIpc) is 2.93. The van der Waals surface area contributed by atoms with Gasteiger partial charge in [-0.15, -0.1) is 0 Å². The summed E-state index contributed by atoms with van der Waals surface area (Å²) in [5.41, 5.74) is 11.6. The summed E-state index contributed by atoms with van der Waals surface area (Å²) in [4.78, 5) is 16.6. The summed E-state index contributed by atoms with van der Waals surface area (Å²) in [5, 5.41) is 3.38. The van der Waals surface area contributed by atoms with Crippen molar-refractivity contribution in [2.45, 2.75) is 5.92 Å². The molecule has 2 aromatic rings. The van der Waals surface area contributed by atoms with E-state index in [-0.39, 0.29) is 18.4 Å². The van der Waals surface area contributed by atoms with Crippen molar-refractivity contribution in [2.75, 3.05) is 18.0 Å². The third-order valence-electron chi connectivity index (χ3n) is 3.74. The summed E-state index contributed by atoms with van der Waals surface area (Å²) < 4.78 is 0. The van der Waals surface area contributed by atoms with Crippen molar-refractivity contribution in [3.05, 3.63) is 76.2 Å². The fourth-order valence-corrected chi connectivity index (χ4v) is 2.79. The first kappa shape index (κ1) is 13.2. The molecule has 1 aliphatic rings. The number of hydrogen-bond donors (Lipinski definition) is 0. The Balaban J connectivity index is 1.97. The normalized spacial score (nSPS) is 16.2. The predicted molar refractivity (Wildman–Crippen MR) is 81.1 cm³/mol. The Morgan fingerprint density at radius 2 is 1.90 bits per heavy atom. The van der Waals surface area contributed by atoms with E-state index in [1.54, 1.807) is 4.90 Å². The molecule has 1 amide bonds. The summed E-state index contributed by atoms with van der Waals surface area (Å²) in [7, 11) is 0. The van der Waals surface area contributed by atoms with Crippen LogP contribution in [0.15, 0.2) is 59.7 Å². The number of rotatable bonds is 3. The first-order valence-corrected chi connectivity index (χ1v) is 6.76. The standard InChI is InChI=1S/C16H14N4O/c17-19-18-10-16(21)20-11-14(12-6-2-1-3-7-12)13-8-4-5-9-15(13)20/h1-9,14H,10-11H2. The second-order valence-electron chi connectivity index (χ2n) is 4.92. The Morgan fingerprint density at radius 1 is 1.19 bits per heavy atom. The Kier molecular flexibility index (Phi) is 3.58. The lowest BCUT2D eigenvalue weighted by Crippen LogP contribution is -2.31. The van der Waals surface area contributed by atoms with Crippen LogP contribution in [0.1, 0.15) is 17.0 Å². The predicted octanol–water partition coefficient (Wildman–Crippen LogP) is 3.48. The highest BCUT2D eigenvalue weighted by atomic mass is 16.2. The molecule has 21 heavy (non-hydrogen) atoms. The zero-order chi connectivity index (χ0) is 14.7. The Labute approximate surface area is 122 Å². The second kappa shape index (κ2) is 5.69. The Morgan fingerprint density at radius 3 is 2.67 bits per heavy atom. The van der Waals surface area contributed by atoms with Crippen molar-refractivity contribution in [1.82, 2.24) is 0 Å². The van der Waals surface area contributed by atoms with Crippen LogP contribution in [0.2, 0.25) is 0 Å². The van der Waals surface area contributed by atoms with Crippen LogP contribution in [-0.4, -0.2) is 19.0 Å². The van der Waals surface area contributed by atoms with Crippen molar-refractivity contribution < 1.29 is 4.79 Å². The summed E-state index contributed by atoms with van der Waals surface area (Å²) in [6, 6.07) is 18.0. The van der Waals surface area contributed by atoms with E-state index in [0.717, 1.165) is 11.3 Å². The lowest BCUT2D eigenvalue weighted by molar-refractivity contribution is -0.117. The number of anilines is 1. The van der Waals surface area contributed by atoms with Gasteiger partial charge < -0.3 is 4.90 Å². The molecule has 1 atom stereocenters. The maximum atomic E-state index is 12.2. The van der Waals surface area contributed by atoms with Crippen molar-refractivity contribution >= 4 is 11.6 Å². The van der Waals surface area contributed by atoms with Crippen LogP contribution in [0.5, 0.6) is 0 Å². The smallest absolute Gasteiger partial charge is 0.232 e. The van der Waals surface area contributed by atoms with Crippen LogP contribution in [0.3, 0.4) is 0 Å². The van der Waals surface area contributed by atoms with Gasteiger partial charge in [0.1, 0.15) is 6.54 Å². The minimum Gasteiger partial charge on any atom is -0.311 e. The van der Waals surface area contributed by atoms with Crippen LogP contribution in [-0.2, 0) is 4.79 Å². The molecule has 1 unspecified atom stereocenters. The highest BCUT2D eigenvalue weighted by Crippen LogP contribution is 2.39. The van der Waals surface area contributed by atoms with E-state index in [1.807, 2.05) is 42.5 Å². The number of carbonyl (C=O) groups excluding carboxylic acids is 1. The molecule has 0 fully saturated rings. The molecule has 0 saturated heterocycles. The maximum absolute atomic E-state index is 12.2. The van der Waals surface area contributed by atoms with Gasteiger partial charge in [0, 0.05) is 23.1 Å². The summed E-state index contributed by atoms with van der Waals surface area (Å²) >= 11 is 0. The molecule has 0 radical (unpaired) electrons. The minimum absolute atomic E-state index is 0.146. The van der Waals surface area contributed by atoms with Crippen molar-refractivity contribution in [2.24, 2.45) is 5.11 Å². The van der Waals surface area contributed by atoms with Crippen LogP contribution in [0, 0.1) is 0 Å². The molecule has 0 saturated carbocycles. The number of amides is 1. The highest BCUT2D eigenvalue weighted by Gasteiger charge is 2.32. The molecule has 0 spiro atoms. The van der Waals surface area contributed by atoms with Gasteiger partial charge in [-0.2, -0.15) is 0 Å². The number of fused-ring (bicyclic) bond motifs is 1. The third kappa shape index (κ3) is 2.47. The molecule has 5 nitrogen and oxygen atoms in total. The molecule has 3 rings (SSSR count). The van der Waals surface area contributed by atoms with Crippen LogP contribution in [0.4, 0.5) is 5.69 Å². The van der Waals surface area contributed by atoms with Gasteiger partial charge in [0.05, 0.1) is 0 Å². The molecule has 0 bridgehead atoms. The lowest BCUT2D eigenvalue weighted by atomic mass is 9.93. The van der Waals surface area contributed by atoms with Gasteiger partial charge in [0.2, 0.25) is 5.91 Å². The first-order valence-electron chi connectivity index (χ1n) is 6.76. The van der Waals surface area contributed by atoms with Crippen molar-refractivity contribution in [3.8, 4) is 0 Å². The van der Waals surface area contributed by atoms with Gasteiger partial charge in [-0.25, -0.2) is 0 Å². The van der Waals surface area contributed by atoms with Crippen LogP contribution in [0.25, 0.3) is 10.4 Å². The zero-order valence-electron chi connectivity index (χ0n) is 11.4. The number of benzene rings is 2. The number of nitrogens with zero attached hydrogens (tertiary/aromatic N) is 4. The lowest BCUT2D eigenvalue weighted by Gasteiger charge is -2.16. The molecular weight excluding hydrogens is 264 g/mol. The quantitative estimate of drug-likeness (QED) is 0.481. The molecule has 2 aromatic carbocycles. The van der Waals surface area contributed by atoms with Gasteiger partial charge in [-0.3, -0.25) is 4.79 Å². The fraction of sp³-hybridized carbons (Fsp3) is 0.188. The minimum atomic E-state index is -0.168. The van der Waals surface area contributed by atoms with Gasteiger partial charge in [-0.05, 0) is 22.7 Å². The average molecular weight is 278 g/mol.